The Morgan fingerprint density at radius 1 is 0.971 bits per heavy atom. The monoisotopic (exact) mass is 458 g/mol. The van der Waals surface area contributed by atoms with Crippen molar-refractivity contribution in [2.24, 2.45) is 0 Å². The molecule has 4 aromatic rings. The predicted octanol–water partition coefficient (Wildman–Crippen LogP) is 4.18. The molecule has 34 heavy (non-hydrogen) atoms. The van der Waals surface area contributed by atoms with E-state index in [9.17, 15) is 9.18 Å². The standard InChI is InChI=1S/C26H27FN6O/c1-3-7-22-28-24(23-18(2)30-33(25(23)29-22)21-8-5-4-6-9-21)31-14-16-32(17-15-31)26(34)19-10-12-20(27)13-11-19/h4-6,8-13H,3,7,14-17H2,1-2H3. The topological polar surface area (TPSA) is 67.2 Å². The molecule has 1 aliphatic heterocycles. The van der Waals surface area contributed by atoms with Crippen molar-refractivity contribution in [2.45, 2.75) is 26.7 Å². The second-order valence-corrected chi connectivity index (χ2v) is 8.53. The number of anilines is 1. The number of halogens is 1. The van der Waals surface area contributed by atoms with E-state index in [-0.39, 0.29) is 11.7 Å². The van der Waals surface area contributed by atoms with E-state index < -0.39 is 0 Å². The number of hydrogen-bond acceptors (Lipinski definition) is 5. The Morgan fingerprint density at radius 2 is 1.68 bits per heavy atom. The van der Waals surface area contributed by atoms with Gasteiger partial charge in [-0.2, -0.15) is 5.10 Å². The second kappa shape index (κ2) is 9.21. The van der Waals surface area contributed by atoms with Crippen LogP contribution in [0.4, 0.5) is 10.2 Å². The van der Waals surface area contributed by atoms with Crippen LogP contribution in [0.5, 0.6) is 0 Å². The Hall–Kier alpha value is -3.81. The van der Waals surface area contributed by atoms with E-state index in [0.717, 1.165) is 46.9 Å². The van der Waals surface area contributed by atoms with Gasteiger partial charge in [0.05, 0.1) is 16.8 Å². The van der Waals surface area contributed by atoms with Crippen molar-refractivity contribution >= 4 is 22.8 Å². The number of aryl methyl sites for hydroxylation is 2. The lowest BCUT2D eigenvalue weighted by atomic mass is 10.1. The van der Waals surface area contributed by atoms with Crippen LogP contribution in [0.15, 0.2) is 54.6 Å². The summed E-state index contributed by atoms with van der Waals surface area (Å²) in [6, 6.07) is 15.7. The maximum atomic E-state index is 13.2. The molecule has 1 fully saturated rings. The molecule has 3 heterocycles. The van der Waals surface area contributed by atoms with E-state index >= 15 is 0 Å². The molecule has 174 valence electrons. The summed E-state index contributed by atoms with van der Waals surface area (Å²) in [5, 5.41) is 5.75. The molecule has 0 N–H and O–H groups in total. The van der Waals surface area contributed by atoms with E-state index in [1.54, 1.807) is 0 Å². The fourth-order valence-electron chi connectivity index (χ4n) is 4.42. The quantitative estimate of drug-likeness (QED) is 0.449. The molecule has 1 amide bonds. The first kappa shape index (κ1) is 22.0. The lowest BCUT2D eigenvalue weighted by molar-refractivity contribution is 0.0746. The number of carbonyl (C=O) groups is 1. The zero-order valence-electron chi connectivity index (χ0n) is 19.4. The first-order valence-electron chi connectivity index (χ1n) is 11.7. The Kier molecular flexibility index (Phi) is 5.96. The van der Waals surface area contributed by atoms with Gasteiger partial charge in [0.15, 0.2) is 5.65 Å². The number of piperazine rings is 1. The average Bonchev–Trinajstić information content (AvgIpc) is 3.21. The fourth-order valence-corrected chi connectivity index (χ4v) is 4.42. The van der Waals surface area contributed by atoms with Gasteiger partial charge in [0, 0.05) is 38.2 Å². The summed E-state index contributed by atoms with van der Waals surface area (Å²) in [6.07, 6.45) is 1.73. The number of nitrogens with zero attached hydrogens (tertiary/aromatic N) is 6. The van der Waals surface area contributed by atoms with Gasteiger partial charge in [-0.25, -0.2) is 19.0 Å². The van der Waals surface area contributed by atoms with Crippen molar-refractivity contribution in [2.75, 3.05) is 31.1 Å². The number of aromatic nitrogens is 4. The molecule has 2 aromatic heterocycles. The molecule has 0 saturated carbocycles. The Balaban J connectivity index is 1.46. The highest BCUT2D eigenvalue weighted by Gasteiger charge is 2.26. The van der Waals surface area contributed by atoms with Crippen LogP contribution in [0, 0.1) is 12.7 Å². The first-order valence-corrected chi connectivity index (χ1v) is 11.7. The molecule has 1 saturated heterocycles. The van der Waals surface area contributed by atoms with Gasteiger partial charge in [-0.3, -0.25) is 4.79 Å². The van der Waals surface area contributed by atoms with Crippen LogP contribution in [0.1, 0.15) is 35.2 Å². The van der Waals surface area contributed by atoms with Crippen molar-refractivity contribution in [1.29, 1.82) is 0 Å². The normalized spacial score (nSPS) is 14.1. The van der Waals surface area contributed by atoms with E-state index in [1.165, 1.54) is 24.3 Å². The highest BCUT2D eigenvalue weighted by molar-refractivity contribution is 5.95. The Bertz CT molecular complexity index is 1310. The van der Waals surface area contributed by atoms with E-state index in [4.69, 9.17) is 15.1 Å². The number of amides is 1. The van der Waals surface area contributed by atoms with Gasteiger partial charge >= 0.3 is 0 Å². The molecule has 7 nitrogen and oxygen atoms in total. The predicted molar refractivity (Wildman–Crippen MR) is 130 cm³/mol. The molecule has 0 unspecified atom stereocenters. The third-order valence-electron chi connectivity index (χ3n) is 6.16. The lowest BCUT2D eigenvalue weighted by Crippen LogP contribution is -2.49. The van der Waals surface area contributed by atoms with Crippen LogP contribution in [0.2, 0.25) is 0 Å². The third-order valence-corrected chi connectivity index (χ3v) is 6.16. The Morgan fingerprint density at radius 3 is 2.35 bits per heavy atom. The van der Waals surface area contributed by atoms with Gasteiger partial charge in [-0.15, -0.1) is 0 Å². The highest BCUT2D eigenvalue weighted by Crippen LogP contribution is 2.30. The Labute approximate surface area is 197 Å². The van der Waals surface area contributed by atoms with Crippen molar-refractivity contribution < 1.29 is 9.18 Å². The highest BCUT2D eigenvalue weighted by atomic mass is 19.1. The maximum Gasteiger partial charge on any atom is 0.253 e. The molecule has 0 bridgehead atoms. The molecular formula is C26H27FN6O. The number of para-hydroxylation sites is 1. The number of benzene rings is 2. The molecule has 0 aliphatic carbocycles. The number of hydrogen-bond donors (Lipinski definition) is 0. The third kappa shape index (κ3) is 4.11. The number of rotatable bonds is 5. The number of carbonyl (C=O) groups excluding carboxylic acids is 1. The summed E-state index contributed by atoms with van der Waals surface area (Å²) >= 11 is 0. The van der Waals surface area contributed by atoms with Crippen molar-refractivity contribution in [3.8, 4) is 5.69 Å². The minimum absolute atomic E-state index is 0.0766. The van der Waals surface area contributed by atoms with Gasteiger partial charge in [0.1, 0.15) is 17.5 Å². The van der Waals surface area contributed by atoms with Crippen molar-refractivity contribution in [3.63, 3.8) is 0 Å². The van der Waals surface area contributed by atoms with E-state index in [2.05, 4.69) is 11.8 Å². The summed E-state index contributed by atoms with van der Waals surface area (Å²) in [4.78, 5) is 26.7. The fraction of sp³-hybridized carbons (Fsp3) is 0.308. The van der Waals surface area contributed by atoms with Crippen molar-refractivity contribution in [1.82, 2.24) is 24.6 Å². The van der Waals surface area contributed by atoms with Crippen molar-refractivity contribution in [3.05, 3.63) is 77.5 Å². The van der Waals surface area contributed by atoms with Gasteiger partial charge < -0.3 is 9.80 Å². The summed E-state index contributed by atoms with van der Waals surface area (Å²) < 4.78 is 15.1. The minimum Gasteiger partial charge on any atom is -0.352 e. The SMILES string of the molecule is CCCc1nc(N2CCN(C(=O)c3ccc(F)cc3)CC2)c2c(C)nn(-c3ccccc3)c2n1. The zero-order chi connectivity index (χ0) is 23.7. The summed E-state index contributed by atoms with van der Waals surface area (Å²) in [5.74, 6) is 1.25. The largest absolute Gasteiger partial charge is 0.352 e. The molecule has 2 aromatic carbocycles. The molecule has 5 rings (SSSR count). The van der Waals surface area contributed by atoms with Crippen LogP contribution in [0.3, 0.4) is 0 Å². The minimum atomic E-state index is -0.344. The van der Waals surface area contributed by atoms with E-state index in [1.807, 2.05) is 46.8 Å². The van der Waals surface area contributed by atoms with Gasteiger partial charge in [-0.05, 0) is 49.7 Å². The molecule has 0 spiro atoms. The smallest absolute Gasteiger partial charge is 0.253 e. The summed E-state index contributed by atoms with van der Waals surface area (Å²) in [7, 11) is 0. The van der Waals surface area contributed by atoms with Gasteiger partial charge in [-0.1, -0.05) is 25.1 Å². The van der Waals surface area contributed by atoms with Crippen LogP contribution in [0.25, 0.3) is 16.7 Å². The maximum absolute atomic E-state index is 13.2. The number of fused-ring (bicyclic) bond motifs is 1. The molecule has 8 heteroatoms. The average molecular weight is 459 g/mol. The van der Waals surface area contributed by atoms with Crippen LogP contribution in [-0.4, -0.2) is 56.7 Å². The first-order chi connectivity index (χ1) is 16.5. The van der Waals surface area contributed by atoms with Crippen LogP contribution in [-0.2, 0) is 6.42 Å². The molecule has 0 atom stereocenters. The van der Waals surface area contributed by atoms with Crippen LogP contribution >= 0.6 is 0 Å². The summed E-state index contributed by atoms with van der Waals surface area (Å²) in [6.45, 7) is 6.55. The molecular weight excluding hydrogens is 431 g/mol. The lowest BCUT2D eigenvalue weighted by Gasteiger charge is -2.35. The van der Waals surface area contributed by atoms with Crippen LogP contribution < -0.4 is 4.90 Å². The van der Waals surface area contributed by atoms with E-state index in [0.29, 0.717) is 31.7 Å². The van der Waals surface area contributed by atoms with Gasteiger partial charge in [0.25, 0.3) is 5.91 Å². The zero-order valence-corrected chi connectivity index (χ0v) is 19.4. The molecule has 1 aliphatic rings. The summed E-state index contributed by atoms with van der Waals surface area (Å²) in [5.41, 5.74) is 3.15. The molecule has 0 radical (unpaired) electrons. The van der Waals surface area contributed by atoms with Gasteiger partial charge in [0.2, 0.25) is 0 Å². The second-order valence-electron chi connectivity index (χ2n) is 8.53.